The van der Waals surface area contributed by atoms with E-state index in [1.807, 2.05) is 6.07 Å². The molecule has 0 unspecified atom stereocenters. The lowest BCUT2D eigenvalue weighted by molar-refractivity contribution is -0.139. The Morgan fingerprint density at radius 2 is 1.80 bits per heavy atom. The Kier molecular flexibility index (Phi) is 4.95. The van der Waals surface area contributed by atoms with Gasteiger partial charge in [0.2, 0.25) is 0 Å². The van der Waals surface area contributed by atoms with Crippen molar-refractivity contribution in [3.63, 3.8) is 0 Å². The summed E-state index contributed by atoms with van der Waals surface area (Å²) in [6.07, 6.45) is 1.63. The van der Waals surface area contributed by atoms with Crippen LogP contribution in [0.2, 0.25) is 5.02 Å². The highest BCUT2D eigenvalue weighted by Gasteiger charge is 2.23. The molecule has 2 N–H and O–H groups in total. The molecule has 3 rings (SSSR count). The summed E-state index contributed by atoms with van der Waals surface area (Å²) >= 11 is 6.09. The number of carbonyl (C=O) groups is 2. The number of aromatic nitrogens is 1. The third-order valence-electron chi connectivity index (χ3n) is 3.88. The zero-order valence-corrected chi connectivity index (χ0v) is 13.9. The lowest BCUT2D eigenvalue weighted by atomic mass is 10.0. The van der Waals surface area contributed by atoms with Crippen molar-refractivity contribution in [2.24, 2.45) is 0 Å². The average molecular weight is 355 g/mol. The summed E-state index contributed by atoms with van der Waals surface area (Å²) in [7, 11) is 0. The molecule has 0 saturated carbocycles. The third-order valence-corrected chi connectivity index (χ3v) is 4.25. The molecule has 0 aliphatic carbocycles. The first-order valence-electron chi connectivity index (χ1n) is 7.67. The number of amides is 1. The number of pyridine rings is 1. The second-order valence-corrected chi connectivity index (χ2v) is 5.94. The van der Waals surface area contributed by atoms with Crippen LogP contribution in [-0.2, 0) is 11.2 Å². The van der Waals surface area contributed by atoms with E-state index in [0.717, 1.165) is 0 Å². The summed E-state index contributed by atoms with van der Waals surface area (Å²) in [5.41, 5.74) is 1.72. The van der Waals surface area contributed by atoms with Gasteiger partial charge in [-0.05, 0) is 23.8 Å². The topological polar surface area (TPSA) is 79.3 Å². The summed E-state index contributed by atoms with van der Waals surface area (Å²) in [5.74, 6) is -1.58. The van der Waals surface area contributed by atoms with Gasteiger partial charge in [-0.3, -0.25) is 9.78 Å². The van der Waals surface area contributed by atoms with E-state index in [4.69, 9.17) is 11.6 Å². The van der Waals surface area contributed by atoms with Gasteiger partial charge < -0.3 is 10.4 Å². The van der Waals surface area contributed by atoms with E-state index in [2.05, 4.69) is 10.3 Å². The molecule has 2 aromatic carbocycles. The van der Waals surface area contributed by atoms with Gasteiger partial charge in [0.1, 0.15) is 6.04 Å². The molecule has 1 amide bonds. The molecule has 0 radical (unpaired) electrons. The Morgan fingerprint density at radius 3 is 2.56 bits per heavy atom. The number of nitrogens with one attached hydrogen (secondary N) is 1. The Hall–Kier alpha value is -2.92. The number of carboxylic acid groups (broad SMARTS) is 1. The number of carboxylic acids is 1. The predicted molar refractivity (Wildman–Crippen MR) is 95.8 cm³/mol. The number of carbonyl (C=O) groups excluding carboxylic acids is 1. The molecule has 25 heavy (non-hydrogen) atoms. The number of rotatable bonds is 5. The Bertz CT molecular complexity index is 937. The first-order valence-corrected chi connectivity index (χ1v) is 8.05. The number of halogens is 1. The van der Waals surface area contributed by atoms with Crippen LogP contribution in [0.3, 0.4) is 0 Å². The summed E-state index contributed by atoms with van der Waals surface area (Å²) < 4.78 is 0. The van der Waals surface area contributed by atoms with Crippen molar-refractivity contribution in [3.05, 3.63) is 76.9 Å². The zero-order chi connectivity index (χ0) is 17.8. The van der Waals surface area contributed by atoms with Crippen LogP contribution in [-0.4, -0.2) is 28.0 Å². The van der Waals surface area contributed by atoms with E-state index >= 15 is 0 Å². The first kappa shape index (κ1) is 16.9. The third kappa shape index (κ3) is 3.78. The van der Waals surface area contributed by atoms with Crippen LogP contribution in [0.5, 0.6) is 0 Å². The summed E-state index contributed by atoms with van der Waals surface area (Å²) in [5, 5.41) is 13.2. The van der Waals surface area contributed by atoms with Crippen molar-refractivity contribution in [2.75, 3.05) is 0 Å². The summed E-state index contributed by atoms with van der Waals surface area (Å²) in [6.45, 7) is 0. The number of hydrogen-bond donors (Lipinski definition) is 2. The number of nitrogens with zero attached hydrogens (tertiary/aromatic N) is 1. The van der Waals surface area contributed by atoms with E-state index < -0.39 is 17.9 Å². The van der Waals surface area contributed by atoms with Gasteiger partial charge in [-0.1, -0.05) is 48.0 Å². The number of fused-ring (bicyclic) bond motifs is 1. The Labute approximate surface area is 149 Å². The van der Waals surface area contributed by atoms with Gasteiger partial charge in [0.05, 0.1) is 11.1 Å². The number of benzene rings is 2. The summed E-state index contributed by atoms with van der Waals surface area (Å²) in [6, 6.07) is 14.7. The summed E-state index contributed by atoms with van der Waals surface area (Å²) in [4.78, 5) is 28.4. The Morgan fingerprint density at radius 1 is 1.08 bits per heavy atom. The van der Waals surface area contributed by atoms with Crippen LogP contribution in [0.1, 0.15) is 15.9 Å². The van der Waals surface area contributed by atoms with Crippen LogP contribution in [0, 0.1) is 0 Å². The minimum absolute atomic E-state index is 0.101. The molecular formula is C19H15ClN2O3. The molecule has 126 valence electrons. The fourth-order valence-electron chi connectivity index (χ4n) is 2.61. The molecule has 1 atom stereocenters. The second-order valence-electron chi connectivity index (χ2n) is 5.54. The van der Waals surface area contributed by atoms with E-state index in [1.165, 1.54) is 6.20 Å². The smallest absolute Gasteiger partial charge is 0.326 e. The number of hydrogen-bond acceptors (Lipinski definition) is 3. The van der Waals surface area contributed by atoms with Crippen LogP contribution < -0.4 is 5.32 Å². The molecule has 6 heteroatoms. The number of para-hydroxylation sites is 1. The van der Waals surface area contributed by atoms with Crippen molar-refractivity contribution in [3.8, 4) is 0 Å². The average Bonchev–Trinajstić information content (AvgIpc) is 2.62. The number of aliphatic carboxylic acids is 1. The Balaban J connectivity index is 1.86. The lowest BCUT2D eigenvalue weighted by Gasteiger charge is -2.16. The van der Waals surface area contributed by atoms with Crippen molar-refractivity contribution >= 4 is 34.4 Å². The first-order chi connectivity index (χ1) is 12.1. The maximum absolute atomic E-state index is 12.6. The SMILES string of the molecule is O=C(N[C@H](Cc1ccccc1Cl)C(=O)O)c1ccnc2ccccc12. The molecule has 5 nitrogen and oxygen atoms in total. The molecule has 0 fully saturated rings. The van der Waals surface area contributed by atoms with Gasteiger partial charge in [0.15, 0.2) is 0 Å². The van der Waals surface area contributed by atoms with Gasteiger partial charge in [-0.25, -0.2) is 4.79 Å². The maximum Gasteiger partial charge on any atom is 0.326 e. The molecule has 1 heterocycles. The van der Waals surface area contributed by atoms with Gasteiger partial charge in [-0.15, -0.1) is 0 Å². The van der Waals surface area contributed by atoms with Crippen LogP contribution in [0.25, 0.3) is 10.9 Å². The fraction of sp³-hybridized carbons (Fsp3) is 0.105. The highest BCUT2D eigenvalue weighted by Crippen LogP contribution is 2.19. The normalized spacial score (nSPS) is 11.9. The molecule has 3 aromatic rings. The molecule has 0 spiro atoms. The molecule has 0 aliphatic rings. The standard InChI is InChI=1S/C19H15ClN2O3/c20-15-7-3-1-5-12(15)11-17(19(24)25)22-18(23)14-9-10-21-16-8-4-2-6-13(14)16/h1-10,17H,11H2,(H,22,23)(H,24,25)/t17-/m1/s1. The molecule has 0 aliphatic heterocycles. The van der Waals surface area contributed by atoms with Crippen molar-refractivity contribution < 1.29 is 14.7 Å². The second kappa shape index (κ2) is 7.32. The van der Waals surface area contributed by atoms with E-state index in [0.29, 0.717) is 27.1 Å². The van der Waals surface area contributed by atoms with Crippen LogP contribution in [0.15, 0.2) is 60.8 Å². The fourth-order valence-corrected chi connectivity index (χ4v) is 2.83. The van der Waals surface area contributed by atoms with Crippen molar-refractivity contribution in [1.82, 2.24) is 10.3 Å². The van der Waals surface area contributed by atoms with E-state index in [1.54, 1.807) is 48.5 Å². The maximum atomic E-state index is 12.6. The van der Waals surface area contributed by atoms with Gasteiger partial charge >= 0.3 is 5.97 Å². The minimum atomic E-state index is -1.12. The minimum Gasteiger partial charge on any atom is -0.480 e. The lowest BCUT2D eigenvalue weighted by Crippen LogP contribution is -2.42. The van der Waals surface area contributed by atoms with E-state index in [9.17, 15) is 14.7 Å². The molecular weight excluding hydrogens is 340 g/mol. The zero-order valence-electron chi connectivity index (χ0n) is 13.1. The monoisotopic (exact) mass is 354 g/mol. The molecule has 1 aromatic heterocycles. The largest absolute Gasteiger partial charge is 0.480 e. The van der Waals surface area contributed by atoms with Crippen molar-refractivity contribution in [2.45, 2.75) is 12.5 Å². The van der Waals surface area contributed by atoms with Gasteiger partial charge in [0, 0.05) is 23.0 Å². The van der Waals surface area contributed by atoms with Crippen molar-refractivity contribution in [1.29, 1.82) is 0 Å². The predicted octanol–water partition coefficient (Wildman–Crippen LogP) is 3.31. The highest BCUT2D eigenvalue weighted by atomic mass is 35.5. The van der Waals surface area contributed by atoms with Gasteiger partial charge in [0.25, 0.3) is 5.91 Å². The van der Waals surface area contributed by atoms with E-state index in [-0.39, 0.29) is 6.42 Å². The molecule has 0 saturated heterocycles. The highest BCUT2D eigenvalue weighted by molar-refractivity contribution is 6.31. The van der Waals surface area contributed by atoms with Crippen LogP contribution in [0.4, 0.5) is 0 Å². The molecule has 0 bridgehead atoms. The van der Waals surface area contributed by atoms with Crippen LogP contribution >= 0.6 is 11.6 Å². The quantitative estimate of drug-likeness (QED) is 0.736. The van der Waals surface area contributed by atoms with Gasteiger partial charge in [-0.2, -0.15) is 0 Å².